The zero-order valence-corrected chi connectivity index (χ0v) is 12.2. The highest BCUT2D eigenvalue weighted by molar-refractivity contribution is 7.90. The van der Waals surface area contributed by atoms with Crippen molar-refractivity contribution in [1.29, 1.82) is 0 Å². The van der Waals surface area contributed by atoms with Crippen molar-refractivity contribution in [1.82, 2.24) is 5.32 Å². The van der Waals surface area contributed by atoms with Crippen LogP contribution in [0.2, 0.25) is 0 Å². The average molecular weight is 261 g/mol. The van der Waals surface area contributed by atoms with Crippen molar-refractivity contribution in [3.63, 3.8) is 0 Å². The third kappa shape index (κ3) is 5.38. The zero-order chi connectivity index (χ0) is 12.9. The third-order valence-corrected chi connectivity index (χ3v) is 4.95. The fourth-order valence-corrected chi connectivity index (χ4v) is 3.99. The SMILES string of the molecule is CCNC(CS(C)(=O)=O)C1CCC(CC)CC1. The maximum Gasteiger partial charge on any atom is 0.148 e. The molecule has 0 amide bonds. The number of rotatable bonds is 6. The molecule has 1 fully saturated rings. The summed E-state index contributed by atoms with van der Waals surface area (Å²) in [5, 5.41) is 3.36. The Balaban J connectivity index is 2.54. The molecular formula is C13H27NO2S. The maximum atomic E-state index is 11.4. The molecule has 0 aliphatic heterocycles. The Bertz CT molecular complexity index is 305. The smallest absolute Gasteiger partial charge is 0.148 e. The third-order valence-electron chi connectivity index (χ3n) is 3.99. The van der Waals surface area contributed by atoms with Crippen LogP contribution in [-0.2, 0) is 9.84 Å². The summed E-state index contributed by atoms with van der Waals surface area (Å²) in [6.45, 7) is 5.16. The van der Waals surface area contributed by atoms with Gasteiger partial charge < -0.3 is 5.32 Å². The summed E-state index contributed by atoms with van der Waals surface area (Å²) in [6, 6.07) is 0.160. The van der Waals surface area contributed by atoms with Crippen molar-refractivity contribution in [3.8, 4) is 0 Å². The highest BCUT2D eigenvalue weighted by Gasteiger charge is 2.28. The first kappa shape index (κ1) is 15.0. The van der Waals surface area contributed by atoms with Crippen LogP contribution in [0.4, 0.5) is 0 Å². The van der Waals surface area contributed by atoms with Crippen LogP contribution >= 0.6 is 0 Å². The zero-order valence-electron chi connectivity index (χ0n) is 11.4. The number of nitrogens with one attached hydrogen (secondary N) is 1. The molecule has 1 saturated carbocycles. The molecule has 1 atom stereocenters. The van der Waals surface area contributed by atoms with Crippen molar-refractivity contribution in [3.05, 3.63) is 0 Å². The molecule has 1 aliphatic rings. The van der Waals surface area contributed by atoms with E-state index in [9.17, 15) is 8.42 Å². The Morgan fingerprint density at radius 1 is 1.18 bits per heavy atom. The van der Waals surface area contributed by atoms with Gasteiger partial charge >= 0.3 is 0 Å². The molecule has 0 aromatic rings. The van der Waals surface area contributed by atoms with E-state index >= 15 is 0 Å². The number of hydrogen-bond donors (Lipinski definition) is 1. The Morgan fingerprint density at radius 3 is 2.18 bits per heavy atom. The van der Waals surface area contributed by atoms with Crippen molar-refractivity contribution in [2.45, 2.75) is 52.0 Å². The molecule has 17 heavy (non-hydrogen) atoms. The first-order valence-corrected chi connectivity index (χ1v) is 8.93. The Kier molecular flexibility index (Phi) is 5.93. The lowest BCUT2D eigenvalue weighted by Crippen LogP contribution is -2.42. The maximum absolute atomic E-state index is 11.4. The van der Waals surface area contributed by atoms with Gasteiger partial charge in [-0.1, -0.05) is 33.1 Å². The Hall–Kier alpha value is -0.0900. The molecule has 1 rings (SSSR count). The van der Waals surface area contributed by atoms with Crippen LogP contribution in [-0.4, -0.2) is 33.0 Å². The average Bonchev–Trinajstić information content (AvgIpc) is 2.27. The standard InChI is InChI=1S/C13H27NO2S/c1-4-11-6-8-12(9-7-11)13(14-5-2)10-17(3,15)16/h11-14H,4-10H2,1-3H3. The van der Waals surface area contributed by atoms with Gasteiger partial charge in [-0.25, -0.2) is 8.42 Å². The summed E-state index contributed by atoms with van der Waals surface area (Å²) in [5.74, 6) is 1.71. The lowest BCUT2D eigenvalue weighted by molar-refractivity contribution is 0.228. The second-order valence-corrected chi connectivity index (χ2v) is 7.63. The molecular weight excluding hydrogens is 234 g/mol. The van der Waals surface area contributed by atoms with Crippen LogP contribution in [0.3, 0.4) is 0 Å². The Labute approximate surface area is 106 Å². The molecule has 1 unspecified atom stereocenters. The van der Waals surface area contributed by atoms with Gasteiger partial charge in [0.25, 0.3) is 0 Å². The van der Waals surface area contributed by atoms with Gasteiger partial charge in [0, 0.05) is 12.3 Å². The summed E-state index contributed by atoms with van der Waals surface area (Å²) in [4.78, 5) is 0. The molecule has 0 bridgehead atoms. The minimum Gasteiger partial charge on any atom is -0.313 e. The van der Waals surface area contributed by atoms with E-state index in [1.54, 1.807) is 0 Å². The van der Waals surface area contributed by atoms with Gasteiger partial charge in [0.2, 0.25) is 0 Å². The minimum absolute atomic E-state index is 0.160. The van der Waals surface area contributed by atoms with Crippen LogP contribution in [0.1, 0.15) is 46.0 Å². The number of sulfone groups is 1. The number of hydrogen-bond acceptors (Lipinski definition) is 3. The van der Waals surface area contributed by atoms with Crippen LogP contribution in [0, 0.1) is 11.8 Å². The molecule has 0 heterocycles. The summed E-state index contributed by atoms with van der Waals surface area (Å²) < 4.78 is 22.9. The largest absolute Gasteiger partial charge is 0.313 e. The van der Waals surface area contributed by atoms with Gasteiger partial charge in [-0.15, -0.1) is 0 Å². The van der Waals surface area contributed by atoms with E-state index < -0.39 is 9.84 Å². The normalized spacial score (nSPS) is 27.9. The fourth-order valence-electron chi connectivity index (χ4n) is 2.95. The van der Waals surface area contributed by atoms with E-state index in [1.807, 2.05) is 6.92 Å². The summed E-state index contributed by atoms with van der Waals surface area (Å²) in [7, 11) is -2.88. The predicted molar refractivity (Wildman–Crippen MR) is 72.9 cm³/mol. The van der Waals surface area contributed by atoms with Gasteiger partial charge in [-0.2, -0.15) is 0 Å². The molecule has 102 valence electrons. The van der Waals surface area contributed by atoms with E-state index in [0.29, 0.717) is 11.7 Å². The van der Waals surface area contributed by atoms with E-state index in [2.05, 4.69) is 12.2 Å². The van der Waals surface area contributed by atoms with Gasteiger partial charge in [0.15, 0.2) is 0 Å². The fraction of sp³-hybridized carbons (Fsp3) is 1.00. The molecule has 0 aromatic carbocycles. The van der Waals surface area contributed by atoms with Gasteiger partial charge in [0.1, 0.15) is 9.84 Å². The van der Waals surface area contributed by atoms with E-state index in [4.69, 9.17) is 0 Å². The van der Waals surface area contributed by atoms with Crippen molar-refractivity contribution < 1.29 is 8.42 Å². The topological polar surface area (TPSA) is 46.2 Å². The van der Waals surface area contributed by atoms with Crippen LogP contribution in [0.5, 0.6) is 0 Å². The molecule has 3 nitrogen and oxygen atoms in total. The van der Waals surface area contributed by atoms with Crippen LogP contribution in [0.25, 0.3) is 0 Å². The van der Waals surface area contributed by atoms with E-state index in [1.165, 1.54) is 38.4 Å². The van der Waals surface area contributed by atoms with Gasteiger partial charge in [-0.3, -0.25) is 0 Å². The molecule has 4 heteroatoms. The second kappa shape index (κ2) is 6.74. The summed E-state index contributed by atoms with van der Waals surface area (Å²) in [6.07, 6.45) is 7.52. The van der Waals surface area contributed by atoms with Gasteiger partial charge in [-0.05, 0) is 31.2 Å². The van der Waals surface area contributed by atoms with E-state index in [-0.39, 0.29) is 6.04 Å². The molecule has 1 aliphatic carbocycles. The monoisotopic (exact) mass is 261 g/mol. The molecule has 0 spiro atoms. The highest BCUT2D eigenvalue weighted by atomic mass is 32.2. The van der Waals surface area contributed by atoms with Crippen LogP contribution < -0.4 is 5.32 Å². The molecule has 0 saturated heterocycles. The first-order chi connectivity index (χ1) is 7.96. The first-order valence-electron chi connectivity index (χ1n) is 6.87. The highest BCUT2D eigenvalue weighted by Crippen LogP contribution is 2.32. The summed E-state index contributed by atoms with van der Waals surface area (Å²) >= 11 is 0. The lowest BCUT2D eigenvalue weighted by Gasteiger charge is -2.33. The van der Waals surface area contributed by atoms with Crippen molar-refractivity contribution in [2.75, 3.05) is 18.6 Å². The quantitative estimate of drug-likeness (QED) is 0.797. The van der Waals surface area contributed by atoms with Crippen LogP contribution in [0.15, 0.2) is 0 Å². The lowest BCUT2D eigenvalue weighted by atomic mass is 9.78. The van der Waals surface area contributed by atoms with Gasteiger partial charge in [0.05, 0.1) is 5.75 Å². The van der Waals surface area contributed by atoms with Crippen molar-refractivity contribution >= 4 is 9.84 Å². The van der Waals surface area contributed by atoms with E-state index in [0.717, 1.165) is 12.5 Å². The molecule has 0 aromatic heterocycles. The minimum atomic E-state index is -2.88. The predicted octanol–water partition coefficient (Wildman–Crippen LogP) is 2.23. The second-order valence-electron chi connectivity index (χ2n) is 5.45. The Morgan fingerprint density at radius 2 is 1.76 bits per heavy atom. The molecule has 1 N–H and O–H groups in total. The van der Waals surface area contributed by atoms with Crippen molar-refractivity contribution in [2.24, 2.45) is 11.8 Å². The molecule has 0 radical (unpaired) electrons. The summed E-state index contributed by atoms with van der Waals surface area (Å²) in [5.41, 5.74) is 0.